The summed E-state index contributed by atoms with van der Waals surface area (Å²) in [6.45, 7) is 7.21. The van der Waals surface area contributed by atoms with E-state index in [-0.39, 0.29) is 0 Å². The lowest BCUT2D eigenvalue weighted by Crippen LogP contribution is -2.57. The summed E-state index contributed by atoms with van der Waals surface area (Å²) in [4.78, 5) is 28.5. The summed E-state index contributed by atoms with van der Waals surface area (Å²) in [7, 11) is 0. The number of nitrogens with two attached hydrogens (primary N) is 1. The molecule has 1 aromatic carbocycles. The van der Waals surface area contributed by atoms with Crippen LogP contribution in [0.5, 0.6) is 5.75 Å². The number of pyridine rings is 1. The number of aromatic nitrogens is 1. The van der Waals surface area contributed by atoms with E-state index in [4.69, 9.17) is 19.6 Å². The Morgan fingerprint density at radius 3 is 2.75 bits per heavy atom. The summed E-state index contributed by atoms with van der Waals surface area (Å²) < 4.78 is 17.8. The molecule has 0 bridgehead atoms. The highest BCUT2D eigenvalue weighted by molar-refractivity contribution is 5.88. The van der Waals surface area contributed by atoms with Crippen LogP contribution in [0.3, 0.4) is 0 Å². The molecule has 0 radical (unpaired) electrons. The number of nitrogens with zero attached hydrogens (tertiary/aromatic N) is 1. The molecule has 0 fully saturated rings. The maximum atomic E-state index is 12.7. The van der Waals surface area contributed by atoms with Crippen LogP contribution in [0.25, 0.3) is 11.0 Å². The van der Waals surface area contributed by atoms with Crippen LogP contribution < -0.4 is 16.1 Å². The lowest BCUT2D eigenvalue weighted by atomic mass is 9.77. The molecule has 2 aromatic heterocycles. The number of hydrogen-bond donors (Lipinski definition) is 1. The molecule has 1 atom stereocenters. The molecule has 4 rings (SSSR count). The molecule has 0 saturated heterocycles. The molecule has 7 nitrogen and oxygen atoms in total. The zero-order valence-corrected chi connectivity index (χ0v) is 18.6. The quantitative estimate of drug-likeness (QED) is 0.368. The zero-order chi connectivity index (χ0) is 23.1. The number of fused-ring (bicyclic) bond motifs is 2. The van der Waals surface area contributed by atoms with Crippen LogP contribution in [0.2, 0.25) is 0 Å². The van der Waals surface area contributed by atoms with Gasteiger partial charge in [-0.1, -0.05) is 12.1 Å². The highest BCUT2D eigenvalue weighted by Crippen LogP contribution is 2.46. The molecule has 0 spiro atoms. The van der Waals surface area contributed by atoms with Gasteiger partial charge in [-0.25, -0.2) is 14.6 Å². The van der Waals surface area contributed by atoms with Crippen molar-refractivity contribution in [2.75, 3.05) is 5.73 Å². The predicted molar refractivity (Wildman–Crippen MR) is 122 cm³/mol. The Morgan fingerprint density at radius 2 is 2.06 bits per heavy atom. The van der Waals surface area contributed by atoms with Crippen LogP contribution in [-0.4, -0.2) is 22.2 Å². The number of nitrogen functional groups attached to an aromatic ring is 1. The number of ether oxygens (including phenoxy) is 2. The first-order valence-corrected chi connectivity index (χ1v) is 10.4. The van der Waals surface area contributed by atoms with E-state index in [2.05, 4.69) is 4.98 Å². The molecule has 1 unspecified atom stereocenters. The molecular formula is C25H26N2O5. The van der Waals surface area contributed by atoms with E-state index < -0.39 is 22.8 Å². The van der Waals surface area contributed by atoms with Crippen LogP contribution in [0.15, 0.2) is 63.5 Å². The fourth-order valence-corrected chi connectivity index (χ4v) is 3.97. The van der Waals surface area contributed by atoms with E-state index in [1.54, 1.807) is 44.3 Å². The fraction of sp³-hybridized carbons (Fsp3) is 0.320. The number of carbonyl (C=O) groups is 1. The minimum atomic E-state index is -0.998. The average molecular weight is 434 g/mol. The molecule has 166 valence electrons. The summed E-state index contributed by atoms with van der Waals surface area (Å²) in [6, 6.07) is 10.4. The van der Waals surface area contributed by atoms with Crippen LogP contribution in [0.4, 0.5) is 5.82 Å². The highest BCUT2D eigenvalue weighted by Gasteiger charge is 2.54. The first-order valence-electron chi connectivity index (χ1n) is 10.4. The maximum absolute atomic E-state index is 12.7. The van der Waals surface area contributed by atoms with Crippen LogP contribution in [-0.2, 0) is 22.4 Å². The minimum absolute atomic E-state index is 0.400. The third kappa shape index (κ3) is 3.86. The molecule has 3 heterocycles. The van der Waals surface area contributed by atoms with Crippen molar-refractivity contribution in [2.45, 2.75) is 51.7 Å². The van der Waals surface area contributed by atoms with E-state index in [1.807, 2.05) is 26.0 Å². The van der Waals surface area contributed by atoms with Crippen molar-refractivity contribution in [1.29, 1.82) is 0 Å². The van der Waals surface area contributed by atoms with Gasteiger partial charge in [0.25, 0.3) is 0 Å². The molecule has 2 N–H and O–H groups in total. The van der Waals surface area contributed by atoms with E-state index >= 15 is 0 Å². The number of esters is 1. The number of hydrogen-bond acceptors (Lipinski definition) is 7. The molecule has 3 aromatic rings. The minimum Gasteiger partial charge on any atom is -0.482 e. The summed E-state index contributed by atoms with van der Waals surface area (Å²) in [5, 5.41) is 0.802. The standard InChI is InChI=1S/C25H26N2O5/c1-5-15(2)23(29)32-24(3,4)25(12-16-6-8-21(26)27-14-16)13-18-10-17-7-9-22(28)30-19(17)11-20(18)31-25/h5-11,14H,12-13H2,1-4H3,(H2,26,27). The Labute approximate surface area is 185 Å². The third-order valence-electron chi connectivity index (χ3n) is 6.12. The van der Waals surface area contributed by atoms with Gasteiger partial charge in [-0.2, -0.15) is 0 Å². The smallest absolute Gasteiger partial charge is 0.336 e. The molecule has 1 aliphatic heterocycles. The molecule has 0 amide bonds. The second kappa shape index (κ2) is 7.82. The van der Waals surface area contributed by atoms with Crippen molar-refractivity contribution in [2.24, 2.45) is 0 Å². The van der Waals surface area contributed by atoms with Crippen LogP contribution in [0.1, 0.15) is 38.8 Å². The van der Waals surface area contributed by atoms with Gasteiger partial charge < -0.3 is 19.6 Å². The lowest BCUT2D eigenvalue weighted by Gasteiger charge is -2.42. The molecule has 32 heavy (non-hydrogen) atoms. The molecule has 0 saturated carbocycles. The molecule has 0 aliphatic carbocycles. The summed E-state index contributed by atoms with van der Waals surface area (Å²) in [5.41, 5.74) is 6.23. The molecule has 1 aliphatic rings. The van der Waals surface area contributed by atoms with E-state index in [0.717, 1.165) is 16.5 Å². The second-order valence-electron chi connectivity index (χ2n) is 8.66. The molecule has 7 heteroatoms. The van der Waals surface area contributed by atoms with Crippen LogP contribution in [0, 0.1) is 0 Å². The zero-order valence-electron chi connectivity index (χ0n) is 18.6. The normalized spacial score (nSPS) is 18.3. The number of rotatable bonds is 5. The Balaban J connectivity index is 1.78. The van der Waals surface area contributed by atoms with Gasteiger partial charge in [0, 0.05) is 42.1 Å². The van der Waals surface area contributed by atoms with Gasteiger partial charge in [0.2, 0.25) is 0 Å². The fourth-order valence-electron chi connectivity index (χ4n) is 3.97. The summed E-state index contributed by atoms with van der Waals surface area (Å²) in [5.74, 6) is 0.624. The second-order valence-corrected chi connectivity index (χ2v) is 8.66. The van der Waals surface area contributed by atoms with Crippen LogP contribution >= 0.6 is 0 Å². The predicted octanol–water partition coefficient (Wildman–Crippen LogP) is 3.97. The third-order valence-corrected chi connectivity index (χ3v) is 6.12. The first-order chi connectivity index (χ1) is 15.1. The SMILES string of the molecule is CC=C(C)C(=O)OC(C)(C)C1(Cc2ccc(N)nc2)Cc2cc3ccc(=O)oc3cc2O1. The number of allylic oxidation sites excluding steroid dienone is 1. The van der Waals surface area contributed by atoms with E-state index in [1.165, 1.54) is 6.07 Å². The average Bonchev–Trinajstić information content (AvgIpc) is 3.11. The number of carbonyl (C=O) groups excluding carboxylic acids is 1. The summed E-state index contributed by atoms with van der Waals surface area (Å²) in [6.07, 6.45) is 4.35. The maximum Gasteiger partial charge on any atom is 0.336 e. The number of anilines is 1. The number of benzene rings is 1. The van der Waals surface area contributed by atoms with Crippen molar-refractivity contribution in [3.8, 4) is 5.75 Å². The Kier molecular flexibility index (Phi) is 5.28. The van der Waals surface area contributed by atoms with Crippen molar-refractivity contribution in [1.82, 2.24) is 4.98 Å². The van der Waals surface area contributed by atoms with Gasteiger partial charge in [0.15, 0.2) is 5.60 Å². The van der Waals surface area contributed by atoms with Crippen molar-refractivity contribution >= 4 is 22.8 Å². The topological polar surface area (TPSA) is 105 Å². The van der Waals surface area contributed by atoms with E-state index in [9.17, 15) is 9.59 Å². The van der Waals surface area contributed by atoms with Gasteiger partial charge in [0.05, 0.1) is 0 Å². The molecular weight excluding hydrogens is 408 g/mol. The van der Waals surface area contributed by atoms with Gasteiger partial charge in [-0.15, -0.1) is 0 Å². The Hall–Kier alpha value is -3.61. The lowest BCUT2D eigenvalue weighted by molar-refractivity contribution is -0.174. The Morgan fingerprint density at radius 1 is 1.28 bits per heavy atom. The van der Waals surface area contributed by atoms with Crippen molar-refractivity contribution in [3.63, 3.8) is 0 Å². The summed E-state index contributed by atoms with van der Waals surface area (Å²) >= 11 is 0. The van der Waals surface area contributed by atoms with Gasteiger partial charge in [-0.05, 0) is 57.0 Å². The van der Waals surface area contributed by atoms with Gasteiger partial charge in [-0.3, -0.25) is 0 Å². The van der Waals surface area contributed by atoms with E-state index in [0.29, 0.717) is 35.6 Å². The highest BCUT2D eigenvalue weighted by atomic mass is 16.6. The van der Waals surface area contributed by atoms with Crippen molar-refractivity contribution in [3.05, 3.63) is 75.8 Å². The monoisotopic (exact) mass is 434 g/mol. The van der Waals surface area contributed by atoms with Crippen molar-refractivity contribution < 1.29 is 18.7 Å². The van der Waals surface area contributed by atoms with Gasteiger partial charge in [0.1, 0.15) is 22.8 Å². The Bertz CT molecular complexity index is 1270. The van der Waals surface area contributed by atoms with Gasteiger partial charge >= 0.3 is 11.6 Å². The first kappa shape index (κ1) is 21.6. The largest absolute Gasteiger partial charge is 0.482 e.